The van der Waals surface area contributed by atoms with E-state index in [0.29, 0.717) is 18.8 Å². The molecule has 5 heteroatoms. The van der Waals surface area contributed by atoms with Gasteiger partial charge < -0.3 is 9.64 Å². The minimum atomic E-state index is 0.219. The van der Waals surface area contributed by atoms with Crippen LogP contribution in [0.5, 0.6) is 0 Å². The van der Waals surface area contributed by atoms with Crippen molar-refractivity contribution in [1.82, 2.24) is 9.78 Å². The molecule has 0 bridgehead atoms. The molecule has 1 aliphatic rings. The largest absolute Gasteiger partial charge is 0.377 e. The number of benzene rings is 1. The zero-order chi connectivity index (χ0) is 14.8. The highest BCUT2D eigenvalue weighted by molar-refractivity contribution is 5.85. The molecular weight excluding hydrogens is 266 g/mol. The third kappa shape index (κ3) is 2.45. The molecule has 0 amide bonds. The minimum absolute atomic E-state index is 0.219. The summed E-state index contributed by atoms with van der Waals surface area (Å²) >= 11 is 0. The number of aldehydes is 1. The standard InChI is InChI=1S/C16H19N3O2/c1-12-11-21-9-8-18(12)16-15(10-20)13(2)17-19(16)14-6-4-3-5-7-14/h3-7,10,12H,8-9,11H2,1-2H3. The first-order valence-corrected chi connectivity index (χ1v) is 7.17. The summed E-state index contributed by atoms with van der Waals surface area (Å²) in [6.07, 6.45) is 0.902. The Bertz CT molecular complexity index is 636. The average Bonchev–Trinajstić information content (AvgIpc) is 2.85. The van der Waals surface area contributed by atoms with Gasteiger partial charge in [0.05, 0.1) is 36.2 Å². The van der Waals surface area contributed by atoms with Gasteiger partial charge in [0.1, 0.15) is 5.82 Å². The van der Waals surface area contributed by atoms with Crippen molar-refractivity contribution in [2.45, 2.75) is 19.9 Å². The van der Waals surface area contributed by atoms with E-state index in [1.807, 2.05) is 41.9 Å². The van der Waals surface area contributed by atoms with E-state index in [2.05, 4.69) is 16.9 Å². The second-order valence-electron chi connectivity index (χ2n) is 5.31. The van der Waals surface area contributed by atoms with Crippen LogP contribution in [0.1, 0.15) is 23.0 Å². The topological polar surface area (TPSA) is 47.4 Å². The molecular formula is C16H19N3O2. The van der Waals surface area contributed by atoms with Gasteiger partial charge in [-0.15, -0.1) is 0 Å². The molecule has 1 aromatic heterocycles. The van der Waals surface area contributed by atoms with Crippen LogP contribution >= 0.6 is 0 Å². The summed E-state index contributed by atoms with van der Waals surface area (Å²) < 4.78 is 7.36. The van der Waals surface area contributed by atoms with Crippen molar-refractivity contribution in [1.29, 1.82) is 0 Å². The fourth-order valence-corrected chi connectivity index (χ4v) is 2.73. The lowest BCUT2D eigenvalue weighted by atomic mass is 10.2. The number of aromatic nitrogens is 2. The molecule has 1 saturated heterocycles. The molecule has 110 valence electrons. The lowest BCUT2D eigenvalue weighted by molar-refractivity contribution is 0.0979. The lowest BCUT2D eigenvalue weighted by Gasteiger charge is -2.35. The Morgan fingerprint density at radius 2 is 2.10 bits per heavy atom. The van der Waals surface area contributed by atoms with Gasteiger partial charge >= 0.3 is 0 Å². The molecule has 1 aromatic carbocycles. The van der Waals surface area contributed by atoms with E-state index in [1.165, 1.54) is 0 Å². The second-order valence-corrected chi connectivity index (χ2v) is 5.31. The summed E-state index contributed by atoms with van der Waals surface area (Å²) in [5.41, 5.74) is 2.37. The van der Waals surface area contributed by atoms with Crippen LogP contribution in [0.4, 0.5) is 5.82 Å². The Morgan fingerprint density at radius 1 is 1.33 bits per heavy atom. The van der Waals surface area contributed by atoms with Crippen molar-refractivity contribution in [3.8, 4) is 5.69 Å². The molecule has 0 spiro atoms. The second kappa shape index (κ2) is 5.69. The van der Waals surface area contributed by atoms with Crippen molar-refractivity contribution in [3.05, 3.63) is 41.6 Å². The number of ether oxygens (including phenoxy) is 1. The molecule has 2 aromatic rings. The number of hydrogen-bond acceptors (Lipinski definition) is 4. The van der Waals surface area contributed by atoms with E-state index in [-0.39, 0.29) is 6.04 Å². The molecule has 2 heterocycles. The molecule has 21 heavy (non-hydrogen) atoms. The fraction of sp³-hybridized carbons (Fsp3) is 0.375. The van der Waals surface area contributed by atoms with Crippen molar-refractivity contribution in [2.75, 3.05) is 24.7 Å². The van der Waals surface area contributed by atoms with Crippen LogP contribution in [0.25, 0.3) is 5.69 Å². The van der Waals surface area contributed by atoms with E-state index in [9.17, 15) is 4.79 Å². The molecule has 5 nitrogen and oxygen atoms in total. The van der Waals surface area contributed by atoms with Crippen LogP contribution in [-0.2, 0) is 4.74 Å². The highest BCUT2D eigenvalue weighted by Gasteiger charge is 2.27. The Kier molecular flexibility index (Phi) is 3.75. The van der Waals surface area contributed by atoms with Gasteiger partial charge in [-0.1, -0.05) is 18.2 Å². The van der Waals surface area contributed by atoms with Crippen LogP contribution in [0.3, 0.4) is 0 Å². The smallest absolute Gasteiger partial charge is 0.155 e. The average molecular weight is 285 g/mol. The van der Waals surface area contributed by atoms with Crippen LogP contribution in [0.2, 0.25) is 0 Å². The highest BCUT2D eigenvalue weighted by atomic mass is 16.5. The molecule has 1 fully saturated rings. The van der Waals surface area contributed by atoms with Gasteiger partial charge in [-0.05, 0) is 26.0 Å². The molecule has 3 rings (SSSR count). The lowest BCUT2D eigenvalue weighted by Crippen LogP contribution is -2.45. The third-order valence-electron chi connectivity index (χ3n) is 3.84. The van der Waals surface area contributed by atoms with Gasteiger partial charge in [0, 0.05) is 6.54 Å². The Hall–Kier alpha value is -2.14. The van der Waals surface area contributed by atoms with Crippen molar-refractivity contribution >= 4 is 12.1 Å². The first-order valence-electron chi connectivity index (χ1n) is 7.17. The zero-order valence-corrected chi connectivity index (χ0v) is 12.3. The minimum Gasteiger partial charge on any atom is -0.377 e. The number of para-hydroxylation sites is 1. The SMILES string of the molecule is Cc1nn(-c2ccccc2)c(N2CCOCC2C)c1C=O. The van der Waals surface area contributed by atoms with E-state index >= 15 is 0 Å². The number of rotatable bonds is 3. The molecule has 0 aliphatic carbocycles. The summed E-state index contributed by atoms with van der Waals surface area (Å²) in [5, 5.41) is 4.56. The number of carbonyl (C=O) groups is 1. The maximum Gasteiger partial charge on any atom is 0.155 e. The first-order chi connectivity index (χ1) is 10.2. The first kappa shape index (κ1) is 13.8. The molecule has 0 radical (unpaired) electrons. The van der Waals surface area contributed by atoms with Gasteiger partial charge in [-0.2, -0.15) is 5.10 Å². The Morgan fingerprint density at radius 3 is 2.76 bits per heavy atom. The molecule has 1 unspecified atom stereocenters. The van der Waals surface area contributed by atoms with Crippen LogP contribution < -0.4 is 4.90 Å². The quantitative estimate of drug-likeness (QED) is 0.811. The summed E-state index contributed by atoms with van der Waals surface area (Å²) in [4.78, 5) is 13.7. The van der Waals surface area contributed by atoms with E-state index in [1.54, 1.807) is 0 Å². The number of hydrogen-bond donors (Lipinski definition) is 0. The van der Waals surface area contributed by atoms with E-state index in [0.717, 1.165) is 30.0 Å². The normalized spacial score (nSPS) is 18.8. The van der Waals surface area contributed by atoms with Crippen LogP contribution in [-0.4, -0.2) is 41.9 Å². The van der Waals surface area contributed by atoms with Gasteiger partial charge in [0.2, 0.25) is 0 Å². The monoisotopic (exact) mass is 285 g/mol. The highest BCUT2D eigenvalue weighted by Crippen LogP contribution is 2.28. The van der Waals surface area contributed by atoms with Crippen molar-refractivity contribution in [2.24, 2.45) is 0 Å². The number of morpholine rings is 1. The summed E-state index contributed by atoms with van der Waals surface area (Å²) in [7, 11) is 0. The molecule has 1 atom stereocenters. The van der Waals surface area contributed by atoms with E-state index < -0.39 is 0 Å². The summed E-state index contributed by atoms with van der Waals surface area (Å²) in [6, 6.07) is 10.1. The van der Waals surface area contributed by atoms with Crippen LogP contribution in [0.15, 0.2) is 30.3 Å². The number of aryl methyl sites for hydroxylation is 1. The number of anilines is 1. The van der Waals surface area contributed by atoms with Crippen molar-refractivity contribution in [3.63, 3.8) is 0 Å². The zero-order valence-electron chi connectivity index (χ0n) is 12.3. The molecule has 0 saturated carbocycles. The molecule has 0 N–H and O–H groups in total. The van der Waals surface area contributed by atoms with Crippen molar-refractivity contribution < 1.29 is 9.53 Å². The van der Waals surface area contributed by atoms with Gasteiger partial charge in [0.15, 0.2) is 6.29 Å². The summed E-state index contributed by atoms with van der Waals surface area (Å²) in [5.74, 6) is 0.865. The predicted octanol–water partition coefficient (Wildman–Crippen LogP) is 2.22. The molecule has 1 aliphatic heterocycles. The third-order valence-corrected chi connectivity index (χ3v) is 3.84. The maximum atomic E-state index is 11.5. The van der Waals surface area contributed by atoms with Gasteiger partial charge in [0.25, 0.3) is 0 Å². The van der Waals surface area contributed by atoms with Gasteiger partial charge in [-0.3, -0.25) is 4.79 Å². The number of nitrogens with zero attached hydrogens (tertiary/aromatic N) is 3. The fourth-order valence-electron chi connectivity index (χ4n) is 2.73. The Balaban J connectivity index is 2.15. The number of carbonyl (C=O) groups excluding carboxylic acids is 1. The maximum absolute atomic E-state index is 11.5. The summed E-state index contributed by atoms with van der Waals surface area (Å²) in [6.45, 7) is 6.07. The Labute approximate surface area is 124 Å². The van der Waals surface area contributed by atoms with Gasteiger partial charge in [-0.25, -0.2) is 4.68 Å². The van der Waals surface area contributed by atoms with E-state index in [4.69, 9.17) is 4.74 Å². The predicted molar refractivity (Wildman–Crippen MR) is 81.3 cm³/mol. The van der Waals surface area contributed by atoms with Crippen LogP contribution in [0, 0.1) is 6.92 Å².